The number of nitrogens with one attached hydrogen (secondary N) is 1. The first-order valence-electron chi connectivity index (χ1n) is 12.2. The van der Waals surface area contributed by atoms with E-state index in [1.807, 2.05) is 18.2 Å². The van der Waals surface area contributed by atoms with Gasteiger partial charge in [-0.2, -0.15) is 4.37 Å². The Bertz CT molecular complexity index is 1150. The minimum absolute atomic E-state index is 0.114. The fourth-order valence-electron chi connectivity index (χ4n) is 5.01. The van der Waals surface area contributed by atoms with Gasteiger partial charge in [-0.3, -0.25) is 9.69 Å². The van der Waals surface area contributed by atoms with E-state index in [9.17, 15) is 4.79 Å². The molecule has 3 aromatic rings. The van der Waals surface area contributed by atoms with Crippen LogP contribution in [0, 0.1) is 5.92 Å². The third-order valence-corrected chi connectivity index (χ3v) is 8.02. The highest BCUT2D eigenvalue weighted by Crippen LogP contribution is 2.32. The van der Waals surface area contributed by atoms with Crippen LogP contribution in [0.5, 0.6) is 0 Å². The molecule has 0 bridgehead atoms. The molecule has 0 saturated carbocycles. The summed E-state index contributed by atoms with van der Waals surface area (Å²) < 4.78 is 5.96. The normalized spacial score (nSPS) is 21.2. The molecule has 7 heteroatoms. The number of anilines is 1. The maximum absolute atomic E-state index is 12.9. The van der Waals surface area contributed by atoms with E-state index in [1.54, 1.807) is 11.5 Å². The number of aromatic nitrogens is 1. The Kier molecular flexibility index (Phi) is 6.83. The molecule has 0 spiro atoms. The van der Waals surface area contributed by atoms with E-state index < -0.39 is 0 Å². The summed E-state index contributed by atoms with van der Waals surface area (Å²) in [5.41, 5.74) is 2.30. The highest BCUT2D eigenvalue weighted by molar-refractivity contribution is 7.13. The van der Waals surface area contributed by atoms with E-state index in [-0.39, 0.29) is 17.9 Å². The summed E-state index contributed by atoms with van der Waals surface area (Å²) in [5, 5.41) is 4.45. The van der Waals surface area contributed by atoms with Gasteiger partial charge in [0.15, 0.2) is 0 Å². The molecule has 2 aliphatic rings. The summed E-state index contributed by atoms with van der Waals surface area (Å²) in [6.07, 6.45) is 3.09. The summed E-state index contributed by atoms with van der Waals surface area (Å²) >= 11 is 1.58. The molecule has 2 unspecified atom stereocenters. The number of rotatable bonds is 7. The highest BCUT2D eigenvalue weighted by Gasteiger charge is 2.33. The van der Waals surface area contributed by atoms with E-state index >= 15 is 0 Å². The zero-order chi connectivity index (χ0) is 23.5. The predicted molar refractivity (Wildman–Crippen MR) is 141 cm³/mol. The SMILES string of the molecule is CC1C(C(=O)NCCCN2CCN(c3nsc4ccccc34)CC2)C=C(c2ccccc2)N1C. The Balaban J connectivity index is 1.07. The molecule has 178 valence electrons. The van der Waals surface area contributed by atoms with Crippen LogP contribution in [0.1, 0.15) is 18.9 Å². The summed E-state index contributed by atoms with van der Waals surface area (Å²) in [6.45, 7) is 7.93. The third-order valence-electron chi connectivity index (χ3n) is 7.20. The highest BCUT2D eigenvalue weighted by atomic mass is 32.1. The lowest BCUT2D eigenvalue weighted by molar-refractivity contribution is -0.124. The van der Waals surface area contributed by atoms with Gasteiger partial charge < -0.3 is 15.1 Å². The summed E-state index contributed by atoms with van der Waals surface area (Å²) in [7, 11) is 2.07. The number of hydrogen-bond donors (Lipinski definition) is 1. The molecule has 2 aliphatic heterocycles. The van der Waals surface area contributed by atoms with Crippen LogP contribution in [0.3, 0.4) is 0 Å². The zero-order valence-electron chi connectivity index (χ0n) is 20.0. The van der Waals surface area contributed by atoms with Crippen LogP contribution in [0.2, 0.25) is 0 Å². The average Bonchev–Trinajstić information content (AvgIpc) is 3.44. The molecule has 1 aromatic heterocycles. The van der Waals surface area contributed by atoms with Crippen LogP contribution in [-0.2, 0) is 4.79 Å². The van der Waals surface area contributed by atoms with Crippen molar-refractivity contribution in [3.8, 4) is 0 Å². The van der Waals surface area contributed by atoms with Gasteiger partial charge in [-0.15, -0.1) is 0 Å². The number of hydrogen-bond acceptors (Lipinski definition) is 6. The molecule has 2 aromatic carbocycles. The number of fused-ring (bicyclic) bond motifs is 1. The van der Waals surface area contributed by atoms with Crippen molar-refractivity contribution in [3.63, 3.8) is 0 Å². The summed E-state index contributed by atoms with van der Waals surface area (Å²) in [4.78, 5) is 20.0. The van der Waals surface area contributed by atoms with Gasteiger partial charge in [-0.1, -0.05) is 42.5 Å². The third kappa shape index (κ3) is 4.68. The number of amides is 1. The van der Waals surface area contributed by atoms with Gasteiger partial charge >= 0.3 is 0 Å². The lowest BCUT2D eigenvalue weighted by Crippen LogP contribution is -2.47. The van der Waals surface area contributed by atoms with Crippen LogP contribution >= 0.6 is 11.5 Å². The van der Waals surface area contributed by atoms with Crippen molar-refractivity contribution < 1.29 is 4.79 Å². The predicted octanol–water partition coefficient (Wildman–Crippen LogP) is 3.92. The number of piperazine rings is 1. The molecule has 1 fully saturated rings. The Morgan fingerprint density at radius 3 is 2.59 bits per heavy atom. The van der Waals surface area contributed by atoms with E-state index in [0.717, 1.165) is 62.8 Å². The fourth-order valence-corrected chi connectivity index (χ4v) is 5.80. The second-order valence-electron chi connectivity index (χ2n) is 9.27. The first-order valence-corrected chi connectivity index (χ1v) is 13.0. The van der Waals surface area contributed by atoms with Crippen LogP contribution < -0.4 is 10.2 Å². The number of carbonyl (C=O) groups is 1. The van der Waals surface area contributed by atoms with Gasteiger partial charge in [0.25, 0.3) is 0 Å². The van der Waals surface area contributed by atoms with Crippen LogP contribution in [-0.4, -0.2) is 72.4 Å². The second kappa shape index (κ2) is 10.2. The number of nitrogens with zero attached hydrogens (tertiary/aromatic N) is 4. The topological polar surface area (TPSA) is 51.7 Å². The molecule has 1 saturated heterocycles. The fraction of sp³-hybridized carbons (Fsp3) is 0.407. The van der Waals surface area contributed by atoms with Crippen LogP contribution in [0.15, 0.2) is 60.7 Å². The molecule has 2 atom stereocenters. The van der Waals surface area contributed by atoms with Crippen molar-refractivity contribution in [2.45, 2.75) is 19.4 Å². The minimum atomic E-state index is -0.114. The van der Waals surface area contributed by atoms with Crippen molar-refractivity contribution in [1.29, 1.82) is 0 Å². The Morgan fingerprint density at radius 2 is 1.79 bits per heavy atom. The molecule has 1 N–H and O–H groups in total. The molecule has 5 rings (SSSR count). The molecule has 6 nitrogen and oxygen atoms in total. The average molecular weight is 476 g/mol. The Hall–Kier alpha value is -2.90. The van der Waals surface area contributed by atoms with Crippen molar-refractivity contribution in [2.24, 2.45) is 5.92 Å². The lowest BCUT2D eigenvalue weighted by Gasteiger charge is -2.35. The van der Waals surface area contributed by atoms with Crippen molar-refractivity contribution in [3.05, 3.63) is 66.2 Å². The van der Waals surface area contributed by atoms with E-state index in [1.165, 1.54) is 10.1 Å². The van der Waals surface area contributed by atoms with E-state index in [2.05, 4.69) is 76.5 Å². The Labute approximate surface area is 206 Å². The molecule has 0 aliphatic carbocycles. The standard InChI is InChI=1S/C27H33N5OS/c1-20-23(19-24(30(20)2)21-9-4-3-5-10-21)27(33)28-13-8-14-31-15-17-32(18-16-31)26-22-11-6-7-12-25(22)34-29-26/h3-7,9-12,19-20,23H,8,13-18H2,1-2H3,(H,28,33). The lowest BCUT2D eigenvalue weighted by atomic mass is 10.0. The molecular weight excluding hydrogens is 442 g/mol. The molecule has 3 heterocycles. The maximum atomic E-state index is 12.9. The first kappa shape index (κ1) is 22.9. The van der Waals surface area contributed by atoms with E-state index in [4.69, 9.17) is 4.37 Å². The smallest absolute Gasteiger partial charge is 0.229 e. The second-order valence-corrected chi connectivity index (χ2v) is 10.1. The van der Waals surface area contributed by atoms with Gasteiger partial charge in [-0.25, -0.2) is 0 Å². The first-order chi connectivity index (χ1) is 16.6. The van der Waals surface area contributed by atoms with Gasteiger partial charge in [0, 0.05) is 56.9 Å². The summed E-state index contributed by atoms with van der Waals surface area (Å²) in [5.74, 6) is 1.15. The maximum Gasteiger partial charge on any atom is 0.229 e. The van der Waals surface area contributed by atoms with Gasteiger partial charge in [0.05, 0.1) is 10.6 Å². The van der Waals surface area contributed by atoms with Crippen molar-refractivity contribution >= 4 is 39.0 Å². The quantitative estimate of drug-likeness (QED) is 0.525. The van der Waals surface area contributed by atoms with E-state index in [0.29, 0.717) is 0 Å². The molecule has 0 radical (unpaired) electrons. The van der Waals surface area contributed by atoms with Crippen LogP contribution in [0.4, 0.5) is 5.82 Å². The van der Waals surface area contributed by atoms with Crippen LogP contribution in [0.25, 0.3) is 15.8 Å². The number of carbonyl (C=O) groups excluding carboxylic acids is 1. The molecule has 34 heavy (non-hydrogen) atoms. The van der Waals surface area contributed by atoms with Gasteiger partial charge in [0.1, 0.15) is 5.82 Å². The monoisotopic (exact) mass is 475 g/mol. The Morgan fingerprint density at radius 1 is 1.06 bits per heavy atom. The summed E-state index contributed by atoms with van der Waals surface area (Å²) in [6, 6.07) is 18.9. The molecular formula is C27H33N5OS. The van der Waals surface area contributed by atoms with Crippen molar-refractivity contribution in [1.82, 2.24) is 19.5 Å². The number of benzene rings is 2. The van der Waals surface area contributed by atoms with Crippen molar-refractivity contribution in [2.75, 3.05) is 51.2 Å². The molecule has 1 amide bonds. The van der Waals surface area contributed by atoms with Gasteiger partial charge in [-0.05, 0) is 55.2 Å². The zero-order valence-corrected chi connectivity index (χ0v) is 20.8. The largest absolute Gasteiger partial charge is 0.371 e. The minimum Gasteiger partial charge on any atom is -0.371 e. The van der Waals surface area contributed by atoms with Gasteiger partial charge in [0.2, 0.25) is 5.91 Å².